The summed E-state index contributed by atoms with van der Waals surface area (Å²) in [6, 6.07) is 5.52. The van der Waals surface area contributed by atoms with Gasteiger partial charge in [-0.15, -0.1) is 0 Å². The molecular formula is C19H15F2N5O3S. The van der Waals surface area contributed by atoms with Crippen LogP contribution in [0.2, 0.25) is 0 Å². The maximum atomic E-state index is 14.0. The summed E-state index contributed by atoms with van der Waals surface area (Å²) in [6.07, 6.45) is 4.87. The fourth-order valence-corrected chi connectivity index (χ4v) is 4.04. The molecule has 0 bridgehead atoms. The quantitative estimate of drug-likeness (QED) is 0.521. The van der Waals surface area contributed by atoms with Crippen LogP contribution in [0.5, 0.6) is 5.88 Å². The van der Waals surface area contributed by atoms with Crippen molar-refractivity contribution in [1.82, 2.24) is 19.7 Å². The van der Waals surface area contributed by atoms with Crippen molar-refractivity contribution in [1.29, 1.82) is 0 Å². The molecule has 30 heavy (non-hydrogen) atoms. The smallest absolute Gasteiger partial charge is 0.264 e. The first-order valence-electron chi connectivity index (χ1n) is 8.58. The van der Waals surface area contributed by atoms with Crippen molar-refractivity contribution in [2.24, 2.45) is 7.05 Å². The lowest BCUT2D eigenvalue weighted by molar-refractivity contribution is 0.400. The number of rotatable bonds is 5. The van der Waals surface area contributed by atoms with E-state index in [1.165, 1.54) is 19.4 Å². The summed E-state index contributed by atoms with van der Waals surface area (Å²) in [5.41, 5.74) is 1.77. The Kier molecular flexibility index (Phi) is 4.82. The van der Waals surface area contributed by atoms with Crippen LogP contribution >= 0.6 is 0 Å². The Bertz CT molecular complexity index is 1370. The largest absolute Gasteiger partial charge is 0.480 e. The molecule has 0 aliphatic heterocycles. The van der Waals surface area contributed by atoms with E-state index in [-0.39, 0.29) is 11.6 Å². The van der Waals surface area contributed by atoms with Gasteiger partial charge in [0.05, 0.1) is 7.11 Å². The van der Waals surface area contributed by atoms with Gasteiger partial charge in [-0.3, -0.25) is 9.40 Å². The molecule has 0 saturated carbocycles. The summed E-state index contributed by atoms with van der Waals surface area (Å²) in [5, 5.41) is 5.00. The zero-order valence-electron chi connectivity index (χ0n) is 15.8. The number of fused-ring (bicyclic) bond motifs is 1. The second-order valence-electron chi connectivity index (χ2n) is 6.40. The van der Waals surface area contributed by atoms with E-state index in [0.717, 1.165) is 17.5 Å². The molecule has 0 amide bonds. The molecule has 3 aromatic heterocycles. The molecule has 1 N–H and O–H groups in total. The van der Waals surface area contributed by atoms with Crippen molar-refractivity contribution in [3.8, 4) is 17.0 Å². The van der Waals surface area contributed by atoms with Crippen LogP contribution in [-0.4, -0.2) is 35.3 Å². The van der Waals surface area contributed by atoms with Crippen molar-refractivity contribution in [3.63, 3.8) is 0 Å². The monoisotopic (exact) mass is 431 g/mol. The summed E-state index contributed by atoms with van der Waals surface area (Å²) in [4.78, 5) is 7.70. The normalized spacial score (nSPS) is 11.6. The van der Waals surface area contributed by atoms with Crippen molar-refractivity contribution in [2.45, 2.75) is 4.90 Å². The van der Waals surface area contributed by atoms with Gasteiger partial charge < -0.3 is 4.74 Å². The Morgan fingerprint density at radius 1 is 1.07 bits per heavy atom. The molecule has 0 aliphatic rings. The lowest BCUT2D eigenvalue weighted by atomic mass is 10.1. The summed E-state index contributed by atoms with van der Waals surface area (Å²) in [5.74, 6) is -2.11. The Labute approximate surface area is 170 Å². The first-order chi connectivity index (χ1) is 14.3. The van der Waals surface area contributed by atoms with E-state index in [1.54, 1.807) is 24.1 Å². The van der Waals surface area contributed by atoms with Crippen LogP contribution in [0.1, 0.15) is 0 Å². The summed E-state index contributed by atoms with van der Waals surface area (Å²) < 4.78 is 61.4. The molecule has 0 radical (unpaired) electrons. The number of aromatic nitrogens is 4. The first kappa shape index (κ1) is 19.7. The van der Waals surface area contributed by atoms with Crippen molar-refractivity contribution in [2.75, 3.05) is 11.8 Å². The van der Waals surface area contributed by atoms with Gasteiger partial charge in [-0.1, -0.05) is 0 Å². The average Bonchev–Trinajstić information content (AvgIpc) is 3.06. The number of nitrogens with one attached hydrogen (secondary N) is 1. The third-order valence-electron chi connectivity index (χ3n) is 4.28. The average molecular weight is 431 g/mol. The van der Waals surface area contributed by atoms with Gasteiger partial charge in [0, 0.05) is 48.2 Å². The van der Waals surface area contributed by atoms with Gasteiger partial charge in [-0.2, -0.15) is 5.10 Å². The number of sulfonamides is 1. The molecule has 0 aliphatic carbocycles. The Balaban J connectivity index is 1.75. The third-order valence-corrected chi connectivity index (χ3v) is 5.68. The highest BCUT2D eigenvalue weighted by Gasteiger charge is 2.22. The molecule has 1 aromatic carbocycles. The lowest BCUT2D eigenvalue weighted by Gasteiger charge is -2.13. The number of methoxy groups -OCH3 is 1. The number of pyridine rings is 2. The Hall–Kier alpha value is -3.60. The molecule has 4 aromatic rings. The second-order valence-corrected chi connectivity index (χ2v) is 8.05. The standard InChI is InChI=1S/C19H15F2N5O3S/c1-26-10-13-5-11(8-22-18(13)24-26)12-6-16(19(29-2)23-9-12)25-30(27,28)17-4-3-14(20)7-15(17)21/h3-10,25H,1-2H3. The van der Waals surface area contributed by atoms with Crippen molar-refractivity contribution < 1.29 is 21.9 Å². The number of aryl methyl sites for hydroxylation is 1. The number of hydrogen-bond acceptors (Lipinski definition) is 6. The van der Waals surface area contributed by atoms with E-state index in [9.17, 15) is 17.2 Å². The number of hydrogen-bond donors (Lipinski definition) is 1. The van der Waals surface area contributed by atoms with Crippen LogP contribution < -0.4 is 9.46 Å². The van der Waals surface area contributed by atoms with E-state index in [2.05, 4.69) is 19.8 Å². The molecule has 11 heteroatoms. The minimum atomic E-state index is -4.36. The van der Waals surface area contributed by atoms with E-state index in [1.807, 2.05) is 6.07 Å². The molecule has 4 rings (SSSR count). The molecule has 0 unspecified atom stereocenters. The van der Waals surface area contributed by atoms with Crippen molar-refractivity contribution in [3.05, 3.63) is 60.6 Å². The van der Waals surface area contributed by atoms with Gasteiger partial charge in [0.15, 0.2) is 5.65 Å². The topological polar surface area (TPSA) is 99.0 Å². The van der Waals surface area contributed by atoms with Crippen LogP contribution in [0.4, 0.5) is 14.5 Å². The predicted molar refractivity (Wildman–Crippen MR) is 105 cm³/mol. The highest BCUT2D eigenvalue weighted by atomic mass is 32.2. The highest BCUT2D eigenvalue weighted by Crippen LogP contribution is 2.31. The Morgan fingerprint density at radius 2 is 1.80 bits per heavy atom. The molecule has 0 atom stereocenters. The van der Waals surface area contributed by atoms with Crippen LogP contribution in [0.3, 0.4) is 0 Å². The minimum Gasteiger partial charge on any atom is -0.480 e. The van der Waals surface area contributed by atoms with Crippen LogP contribution in [0.25, 0.3) is 22.2 Å². The van der Waals surface area contributed by atoms with E-state index < -0.39 is 26.6 Å². The van der Waals surface area contributed by atoms with Gasteiger partial charge in [0.25, 0.3) is 10.0 Å². The van der Waals surface area contributed by atoms with Gasteiger partial charge in [0.2, 0.25) is 5.88 Å². The van der Waals surface area contributed by atoms with E-state index in [0.29, 0.717) is 22.8 Å². The van der Waals surface area contributed by atoms with Crippen LogP contribution in [0.15, 0.2) is 53.8 Å². The van der Waals surface area contributed by atoms with Crippen molar-refractivity contribution >= 4 is 26.7 Å². The van der Waals surface area contributed by atoms with Gasteiger partial charge >= 0.3 is 0 Å². The SMILES string of the molecule is COc1ncc(-c2cnc3nn(C)cc3c2)cc1NS(=O)(=O)c1ccc(F)cc1F. The number of halogens is 2. The number of ether oxygens (including phenoxy) is 1. The lowest BCUT2D eigenvalue weighted by Crippen LogP contribution is -2.15. The van der Waals surface area contributed by atoms with E-state index >= 15 is 0 Å². The predicted octanol–water partition coefficient (Wildman–Crippen LogP) is 3.12. The summed E-state index contributed by atoms with van der Waals surface area (Å²) in [7, 11) is -1.27. The summed E-state index contributed by atoms with van der Waals surface area (Å²) >= 11 is 0. The fraction of sp³-hybridized carbons (Fsp3) is 0.105. The summed E-state index contributed by atoms with van der Waals surface area (Å²) in [6.45, 7) is 0. The van der Waals surface area contributed by atoms with E-state index in [4.69, 9.17) is 4.74 Å². The molecule has 0 saturated heterocycles. The van der Waals surface area contributed by atoms with Gasteiger partial charge in [0.1, 0.15) is 22.2 Å². The first-order valence-corrected chi connectivity index (χ1v) is 10.1. The van der Waals surface area contributed by atoms with Gasteiger partial charge in [-0.05, 0) is 24.3 Å². The molecule has 154 valence electrons. The maximum absolute atomic E-state index is 14.0. The number of benzene rings is 1. The number of nitrogens with zero attached hydrogens (tertiary/aromatic N) is 4. The zero-order chi connectivity index (χ0) is 21.5. The number of anilines is 1. The Morgan fingerprint density at radius 3 is 2.53 bits per heavy atom. The molecular weight excluding hydrogens is 416 g/mol. The minimum absolute atomic E-state index is 0.00925. The molecule has 0 fully saturated rings. The second kappa shape index (κ2) is 7.34. The third kappa shape index (κ3) is 3.66. The fourth-order valence-electron chi connectivity index (χ4n) is 2.93. The molecule has 0 spiro atoms. The zero-order valence-corrected chi connectivity index (χ0v) is 16.6. The molecule has 3 heterocycles. The van der Waals surface area contributed by atoms with Gasteiger partial charge in [-0.25, -0.2) is 27.2 Å². The van der Waals surface area contributed by atoms with Crippen LogP contribution in [-0.2, 0) is 17.1 Å². The molecule has 8 nitrogen and oxygen atoms in total. The highest BCUT2D eigenvalue weighted by molar-refractivity contribution is 7.92. The van der Waals surface area contributed by atoms with Crippen LogP contribution in [0, 0.1) is 11.6 Å². The maximum Gasteiger partial charge on any atom is 0.264 e.